The Bertz CT molecular complexity index is 885. The van der Waals surface area contributed by atoms with Crippen LogP contribution in [0.3, 0.4) is 0 Å². The van der Waals surface area contributed by atoms with Crippen LogP contribution in [0.4, 0.5) is 4.39 Å². The van der Waals surface area contributed by atoms with Crippen LogP contribution in [0, 0.1) is 5.82 Å². The van der Waals surface area contributed by atoms with Crippen LogP contribution in [-0.2, 0) is 11.2 Å². The van der Waals surface area contributed by atoms with Crippen molar-refractivity contribution in [3.63, 3.8) is 0 Å². The second-order valence-electron chi connectivity index (χ2n) is 5.46. The summed E-state index contributed by atoms with van der Waals surface area (Å²) in [5.74, 6) is 0.528. The number of nitrogens with zero attached hydrogens (tertiary/aromatic N) is 2. The highest BCUT2D eigenvalue weighted by Crippen LogP contribution is 2.26. The maximum absolute atomic E-state index is 12.8. The van der Waals surface area contributed by atoms with E-state index in [1.807, 2.05) is 24.3 Å². The number of amides is 1. The fraction of sp³-hybridized carbons (Fsp3) is 0.167. The van der Waals surface area contributed by atoms with Crippen LogP contribution in [0.15, 0.2) is 58.2 Å². The molecule has 0 aliphatic carbocycles. The second kappa shape index (κ2) is 8.95. The third kappa shape index (κ3) is 5.15. The van der Waals surface area contributed by atoms with Crippen molar-refractivity contribution in [2.75, 3.05) is 12.3 Å². The molecule has 2 N–H and O–H groups in total. The van der Waals surface area contributed by atoms with Crippen molar-refractivity contribution in [2.45, 2.75) is 11.6 Å². The molecule has 1 heterocycles. The Balaban J connectivity index is 1.45. The smallest absolute Gasteiger partial charge is 0.230 e. The van der Waals surface area contributed by atoms with Crippen LogP contribution in [0.1, 0.15) is 5.56 Å². The van der Waals surface area contributed by atoms with Crippen LogP contribution in [0.5, 0.6) is 0 Å². The van der Waals surface area contributed by atoms with E-state index in [4.69, 9.17) is 0 Å². The van der Waals surface area contributed by atoms with E-state index in [0.29, 0.717) is 23.9 Å². The number of halogens is 2. The molecule has 0 aliphatic rings. The molecule has 1 amide bonds. The van der Waals surface area contributed by atoms with Crippen molar-refractivity contribution in [2.24, 2.45) is 0 Å². The molecule has 0 atom stereocenters. The molecule has 0 aliphatic heterocycles. The Kier molecular flexibility index (Phi) is 6.40. The second-order valence-corrected chi connectivity index (χ2v) is 7.26. The number of thioether (sulfide) groups is 1. The van der Waals surface area contributed by atoms with E-state index < -0.39 is 0 Å². The van der Waals surface area contributed by atoms with E-state index in [0.717, 1.165) is 15.6 Å². The number of benzene rings is 2. The lowest BCUT2D eigenvalue weighted by Gasteiger charge is -2.04. The van der Waals surface area contributed by atoms with E-state index in [9.17, 15) is 9.18 Å². The Morgan fingerprint density at radius 2 is 1.96 bits per heavy atom. The van der Waals surface area contributed by atoms with Gasteiger partial charge in [0.25, 0.3) is 0 Å². The lowest BCUT2D eigenvalue weighted by atomic mass is 10.1. The summed E-state index contributed by atoms with van der Waals surface area (Å²) in [6.07, 6.45) is 0.656. The van der Waals surface area contributed by atoms with Gasteiger partial charge in [-0.3, -0.25) is 9.89 Å². The first kappa shape index (κ1) is 18.6. The molecule has 1 aromatic heterocycles. The van der Waals surface area contributed by atoms with Crippen LogP contribution < -0.4 is 5.32 Å². The van der Waals surface area contributed by atoms with Crippen LogP contribution in [0.25, 0.3) is 11.4 Å². The summed E-state index contributed by atoms with van der Waals surface area (Å²) in [5.41, 5.74) is 1.89. The lowest BCUT2D eigenvalue weighted by Crippen LogP contribution is -2.27. The minimum atomic E-state index is -0.261. The highest BCUT2D eigenvalue weighted by Gasteiger charge is 2.10. The molecule has 0 bridgehead atoms. The molecule has 26 heavy (non-hydrogen) atoms. The molecule has 0 fully saturated rings. The first-order valence-corrected chi connectivity index (χ1v) is 9.71. The van der Waals surface area contributed by atoms with Crippen molar-refractivity contribution in [1.29, 1.82) is 0 Å². The lowest BCUT2D eigenvalue weighted by molar-refractivity contribution is -0.118. The van der Waals surface area contributed by atoms with Gasteiger partial charge in [-0.1, -0.05) is 58.0 Å². The van der Waals surface area contributed by atoms with Gasteiger partial charge in [0, 0.05) is 16.6 Å². The van der Waals surface area contributed by atoms with Gasteiger partial charge in [-0.2, -0.15) is 0 Å². The third-order valence-corrected chi connectivity index (χ3v) is 5.11. The van der Waals surface area contributed by atoms with Gasteiger partial charge < -0.3 is 5.32 Å². The van der Waals surface area contributed by atoms with Gasteiger partial charge in [-0.05, 0) is 30.2 Å². The zero-order valence-corrected chi connectivity index (χ0v) is 16.1. The zero-order chi connectivity index (χ0) is 18.4. The summed E-state index contributed by atoms with van der Waals surface area (Å²) in [6.45, 7) is 0.501. The maximum Gasteiger partial charge on any atom is 0.230 e. The van der Waals surface area contributed by atoms with Crippen LogP contribution in [-0.4, -0.2) is 33.4 Å². The Labute approximate surface area is 162 Å². The topological polar surface area (TPSA) is 70.7 Å². The van der Waals surface area contributed by atoms with Crippen molar-refractivity contribution < 1.29 is 9.18 Å². The summed E-state index contributed by atoms with van der Waals surface area (Å²) in [6, 6.07) is 14.0. The molecule has 3 rings (SSSR count). The number of aromatic nitrogens is 3. The van der Waals surface area contributed by atoms with E-state index in [-0.39, 0.29) is 17.5 Å². The minimum absolute atomic E-state index is 0.0932. The van der Waals surface area contributed by atoms with E-state index >= 15 is 0 Å². The van der Waals surface area contributed by atoms with Crippen LogP contribution in [0.2, 0.25) is 0 Å². The number of carbonyl (C=O) groups is 1. The number of aromatic amines is 1. The molecule has 0 radical (unpaired) electrons. The van der Waals surface area contributed by atoms with Gasteiger partial charge in [0.1, 0.15) is 5.82 Å². The van der Waals surface area contributed by atoms with Gasteiger partial charge in [0.2, 0.25) is 11.1 Å². The number of hydrogen-bond donors (Lipinski definition) is 2. The summed E-state index contributed by atoms with van der Waals surface area (Å²) < 4.78 is 13.8. The van der Waals surface area contributed by atoms with Crippen LogP contribution >= 0.6 is 27.7 Å². The molecule has 0 spiro atoms. The summed E-state index contributed by atoms with van der Waals surface area (Å²) in [7, 11) is 0. The highest BCUT2D eigenvalue weighted by atomic mass is 79.9. The average molecular weight is 435 g/mol. The minimum Gasteiger partial charge on any atom is -0.355 e. The SMILES string of the molecule is O=C(CSc1n[nH]c(-c2ccccc2Br)n1)NCCc1ccc(F)cc1. The normalized spacial score (nSPS) is 10.7. The molecule has 5 nitrogen and oxygen atoms in total. The van der Waals surface area contributed by atoms with Crippen molar-refractivity contribution in [3.05, 3.63) is 64.4 Å². The fourth-order valence-electron chi connectivity index (χ4n) is 2.26. The molecule has 134 valence electrons. The zero-order valence-electron chi connectivity index (χ0n) is 13.7. The fourth-order valence-corrected chi connectivity index (χ4v) is 3.36. The average Bonchev–Trinajstić information content (AvgIpc) is 3.11. The Morgan fingerprint density at radius 3 is 2.73 bits per heavy atom. The van der Waals surface area contributed by atoms with Gasteiger partial charge >= 0.3 is 0 Å². The third-order valence-electron chi connectivity index (χ3n) is 3.58. The predicted octanol–water partition coefficient (Wildman–Crippen LogP) is 3.82. The molecular formula is C18H16BrFN4OS. The number of carbonyl (C=O) groups excluding carboxylic acids is 1. The Morgan fingerprint density at radius 1 is 1.19 bits per heavy atom. The molecule has 0 unspecified atom stereocenters. The molecule has 0 saturated heterocycles. The largest absolute Gasteiger partial charge is 0.355 e. The van der Waals surface area contributed by atoms with E-state index in [1.54, 1.807) is 12.1 Å². The number of nitrogens with one attached hydrogen (secondary N) is 2. The Hall–Kier alpha value is -2.19. The molecule has 8 heteroatoms. The molecule has 2 aromatic carbocycles. The monoisotopic (exact) mass is 434 g/mol. The summed E-state index contributed by atoms with van der Waals surface area (Å²) >= 11 is 4.74. The number of rotatable bonds is 7. The quantitative estimate of drug-likeness (QED) is 0.554. The first-order chi connectivity index (χ1) is 12.6. The highest BCUT2D eigenvalue weighted by molar-refractivity contribution is 9.10. The molecule has 0 saturated carbocycles. The molecular weight excluding hydrogens is 419 g/mol. The predicted molar refractivity (Wildman–Crippen MR) is 103 cm³/mol. The van der Waals surface area contributed by atoms with Crippen molar-refractivity contribution in [1.82, 2.24) is 20.5 Å². The number of H-pyrrole nitrogens is 1. The summed E-state index contributed by atoms with van der Waals surface area (Å²) in [4.78, 5) is 16.3. The van der Waals surface area contributed by atoms with E-state index in [1.165, 1.54) is 23.9 Å². The van der Waals surface area contributed by atoms with Crippen molar-refractivity contribution in [3.8, 4) is 11.4 Å². The van der Waals surface area contributed by atoms with Gasteiger partial charge in [-0.15, -0.1) is 5.10 Å². The molecule has 3 aromatic rings. The first-order valence-electron chi connectivity index (χ1n) is 7.93. The van der Waals surface area contributed by atoms with Gasteiger partial charge in [0.15, 0.2) is 5.82 Å². The standard InChI is InChI=1S/C18H16BrFN4OS/c19-15-4-2-1-3-14(15)17-22-18(24-23-17)26-11-16(25)21-10-9-12-5-7-13(20)8-6-12/h1-8H,9-11H2,(H,21,25)(H,22,23,24). The summed E-state index contributed by atoms with van der Waals surface area (Å²) in [5, 5.41) is 10.4. The van der Waals surface area contributed by atoms with E-state index in [2.05, 4.69) is 36.4 Å². The number of hydrogen-bond acceptors (Lipinski definition) is 4. The maximum atomic E-state index is 12.8. The van der Waals surface area contributed by atoms with Gasteiger partial charge in [-0.25, -0.2) is 9.37 Å². The van der Waals surface area contributed by atoms with Gasteiger partial charge in [0.05, 0.1) is 5.75 Å². The van der Waals surface area contributed by atoms with Crippen molar-refractivity contribution >= 4 is 33.6 Å².